The lowest BCUT2D eigenvalue weighted by atomic mass is 10.1. The molecule has 2 rings (SSSR count). The first-order chi connectivity index (χ1) is 6.24. The Hall–Kier alpha value is -1.60. The number of halogens is 1. The van der Waals surface area contributed by atoms with Crippen molar-refractivity contribution in [1.29, 1.82) is 5.26 Å². The molecular formula is C9H4FNOS. The first-order valence-corrected chi connectivity index (χ1v) is 4.41. The number of phenolic OH excluding ortho intramolecular Hbond substituents is 1. The smallest absolute Gasteiger partial charge is 0.143 e. The van der Waals surface area contributed by atoms with Crippen molar-refractivity contribution in [1.82, 2.24) is 0 Å². The van der Waals surface area contributed by atoms with Gasteiger partial charge < -0.3 is 5.11 Å². The van der Waals surface area contributed by atoms with E-state index in [1.54, 1.807) is 12.1 Å². The topological polar surface area (TPSA) is 44.0 Å². The second kappa shape index (κ2) is 2.71. The molecule has 0 amide bonds. The molecule has 1 aromatic carbocycles. The van der Waals surface area contributed by atoms with Gasteiger partial charge in [0.25, 0.3) is 0 Å². The lowest BCUT2D eigenvalue weighted by Crippen LogP contribution is -1.79. The van der Waals surface area contributed by atoms with Gasteiger partial charge in [-0.3, -0.25) is 0 Å². The van der Waals surface area contributed by atoms with E-state index in [0.29, 0.717) is 4.70 Å². The van der Waals surface area contributed by atoms with E-state index in [0.717, 1.165) is 0 Å². The summed E-state index contributed by atoms with van der Waals surface area (Å²) in [5, 5.41) is 19.5. The number of fused-ring (bicyclic) bond motifs is 1. The third-order valence-corrected chi connectivity index (χ3v) is 2.70. The Bertz CT molecular complexity index is 512. The highest BCUT2D eigenvalue weighted by Crippen LogP contribution is 2.32. The predicted octanol–water partition coefficient (Wildman–Crippen LogP) is 2.62. The molecular weight excluding hydrogens is 189 g/mol. The molecule has 0 atom stereocenters. The van der Waals surface area contributed by atoms with E-state index in [9.17, 15) is 9.50 Å². The average molecular weight is 193 g/mol. The minimum absolute atomic E-state index is 0.0104. The number of nitriles is 1. The predicted molar refractivity (Wildman–Crippen MR) is 48.2 cm³/mol. The van der Waals surface area contributed by atoms with Crippen LogP contribution in [0.3, 0.4) is 0 Å². The van der Waals surface area contributed by atoms with Crippen LogP contribution >= 0.6 is 11.3 Å². The molecule has 0 radical (unpaired) electrons. The molecule has 2 aromatic rings. The molecule has 0 unspecified atom stereocenters. The van der Waals surface area contributed by atoms with Crippen LogP contribution in [0.2, 0.25) is 0 Å². The Kier molecular flexibility index (Phi) is 1.67. The number of thiophene rings is 1. The van der Waals surface area contributed by atoms with Crippen molar-refractivity contribution in [2.24, 2.45) is 0 Å². The summed E-state index contributed by atoms with van der Waals surface area (Å²) in [6.07, 6.45) is 0. The van der Waals surface area contributed by atoms with Crippen molar-refractivity contribution >= 4 is 21.4 Å². The van der Waals surface area contributed by atoms with Crippen LogP contribution in [0, 0.1) is 17.1 Å². The fraction of sp³-hybridized carbons (Fsp3) is 0. The van der Waals surface area contributed by atoms with E-state index in [1.807, 2.05) is 0 Å². The summed E-state index contributed by atoms with van der Waals surface area (Å²) in [5.74, 6) is -0.625. The van der Waals surface area contributed by atoms with Gasteiger partial charge in [-0.1, -0.05) is 0 Å². The molecule has 0 spiro atoms. The van der Waals surface area contributed by atoms with E-state index >= 15 is 0 Å². The standard InChI is InChI=1S/C9H4FNOS/c10-6-4-13-8-2-1-7(12)5(3-11)9(6)8/h1-2,4,12H. The molecule has 4 heteroatoms. The van der Waals surface area contributed by atoms with Crippen LogP contribution in [-0.4, -0.2) is 5.11 Å². The van der Waals surface area contributed by atoms with Crippen molar-refractivity contribution in [2.75, 3.05) is 0 Å². The molecule has 64 valence electrons. The first kappa shape index (κ1) is 8.02. The van der Waals surface area contributed by atoms with E-state index in [4.69, 9.17) is 5.26 Å². The molecule has 0 saturated carbocycles. The quantitative estimate of drug-likeness (QED) is 0.698. The van der Waals surface area contributed by atoms with Crippen LogP contribution in [0.1, 0.15) is 5.56 Å². The highest BCUT2D eigenvalue weighted by molar-refractivity contribution is 7.17. The number of phenols is 1. The van der Waals surface area contributed by atoms with Gasteiger partial charge in [0.05, 0.1) is 0 Å². The minimum Gasteiger partial charge on any atom is -0.507 e. The molecule has 1 N–H and O–H groups in total. The highest BCUT2D eigenvalue weighted by Gasteiger charge is 2.11. The average Bonchev–Trinajstić information content (AvgIpc) is 2.49. The third kappa shape index (κ3) is 1.05. The van der Waals surface area contributed by atoms with Crippen LogP contribution in [-0.2, 0) is 0 Å². The van der Waals surface area contributed by atoms with Gasteiger partial charge in [0, 0.05) is 15.5 Å². The molecule has 0 aliphatic rings. The number of benzene rings is 1. The highest BCUT2D eigenvalue weighted by atomic mass is 32.1. The summed E-state index contributed by atoms with van der Waals surface area (Å²) >= 11 is 1.21. The SMILES string of the molecule is N#Cc1c(O)ccc2scc(F)c12. The maximum Gasteiger partial charge on any atom is 0.143 e. The van der Waals surface area contributed by atoms with E-state index in [-0.39, 0.29) is 16.7 Å². The number of nitrogens with zero attached hydrogens (tertiary/aromatic N) is 1. The van der Waals surface area contributed by atoms with E-state index in [2.05, 4.69) is 0 Å². The second-order valence-electron chi connectivity index (χ2n) is 2.53. The van der Waals surface area contributed by atoms with Crippen LogP contribution in [0.15, 0.2) is 17.5 Å². The molecule has 1 aromatic heterocycles. The zero-order chi connectivity index (χ0) is 9.42. The van der Waals surface area contributed by atoms with Crippen molar-refractivity contribution in [3.8, 4) is 11.8 Å². The molecule has 13 heavy (non-hydrogen) atoms. The second-order valence-corrected chi connectivity index (χ2v) is 3.44. The summed E-state index contributed by atoms with van der Waals surface area (Å²) in [4.78, 5) is 0. The number of aromatic hydroxyl groups is 1. The van der Waals surface area contributed by atoms with Crippen LogP contribution in [0.5, 0.6) is 5.75 Å². The maximum absolute atomic E-state index is 13.1. The summed E-state index contributed by atoms with van der Waals surface area (Å²) < 4.78 is 13.8. The monoisotopic (exact) mass is 193 g/mol. The molecule has 1 heterocycles. The minimum atomic E-state index is -0.451. The van der Waals surface area contributed by atoms with Gasteiger partial charge >= 0.3 is 0 Å². The van der Waals surface area contributed by atoms with Crippen LogP contribution < -0.4 is 0 Å². The Labute approximate surface area is 77.5 Å². The molecule has 0 aliphatic carbocycles. The fourth-order valence-corrected chi connectivity index (χ4v) is 2.01. The van der Waals surface area contributed by atoms with Gasteiger partial charge in [-0.25, -0.2) is 4.39 Å². The largest absolute Gasteiger partial charge is 0.507 e. The molecule has 0 bridgehead atoms. The zero-order valence-corrected chi connectivity index (χ0v) is 7.23. The Morgan fingerprint density at radius 3 is 2.92 bits per heavy atom. The van der Waals surface area contributed by atoms with Gasteiger partial charge in [-0.2, -0.15) is 5.26 Å². The van der Waals surface area contributed by atoms with Crippen molar-refractivity contribution < 1.29 is 9.50 Å². The molecule has 0 aliphatic heterocycles. The lowest BCUT2D eigenvalue weighted by molar-refractivity contribution is 0.474. The van der Waals surface area contributed by atoms with Crippen LogP contribution in [0.4, 0.5) is 4.39 Å². The van der Waals surface area contributed by atoms with Crippen molar-refractivity contribution in [2.45, 2.75) is 0 Å². The summed E-state index contributed by atoms with van der Waals surface area (Å²) in [6.45, 7) is 0. The lowest BCUT2D eigenvalue weighted by Gasteiger charge is -1.96. The third-order valence-electron chi connectivity index (χ3n) is 1.79. The zero-order valence-electron chi connectivity index (χ0n) is 6.41. The van der Waals surface area contributed by atoms with Gasteiger partial charge in [0.2, 0.25) is 0 Å². The molecule has 0 saturated heterocycles. The fourth-order valence-electron chi connectivity index (χ4n) is 1.20. The Morgan fingerprint density at radius 1 is 1.46 bits per heavy atom. The van der Waals surface area contributed by atoms with Crippen LogP contribution in [0.25, 0.3) is 10.1 Å². The molecule has 2 nitrogen and oxygen atoms in total. The summed E-state index contributed by atoms with van der Waals surface area (Å²) in [7, 11) is 0. The first-order valence-electron chi connectivity index (χ1n) is 3.53. The summed E-state index contributed by atoms with van der Waals surface area (Å²) in [5.41, 5.74) is 0.0104. The maximum atomic E-state index is 13.1. The van der Waals surface area contributed by atoms with Gasteiger partial charge in [0.1, 0.15) is 23.2 Å². The van der Waals surface area contributed by atoms with Gasteiger partial charge in [-0.15, -0.1) is 11.3 Å². The van der Waals surface area contributed by atoms with Crippen molar-refractivity contribution in [3.05, 3.63) is 28.9 Å². The Morgan fingerprint density at radius 2 is 2.23 bits per heavy atom. The number of hydrogen-bond donors (Lipinski definition) is 1. The molecule has 0 fully saturated rings. The van der Waals surface area contributed by atoms with Gasteiger partial charge in [-0.05, 0) is 12.1 Å². The Balaban J connectivity index is 2.99. The number of rotatable bonds is 0. The summed E-state index contributed by atoms with van der Waals surface area (Å²) in [6, 6.07) is 4.78. The van der Waals surface area contributed by atoms with Crippen molar-refractivity contribution in [3.63, 3.8) is 0 Å². The van der Waals surface area contributed by atoms with Gasteiger partial charge in [0.15, 0.2) is 0 Å². The van der Waals surface area contributed by atoms with E-state index < -0.39 is 5.82 Å². The van der Waals surface area contributed by atoms with E-state index in [1.165, 1.54) is 22.8 Å². The normalized spacial score (nSPS) is 10.2. The number of hydrogen-bond acceptors (Lipinski definition) is 3.